The number of aryl methyl sites for hydroxylation is 1. The fraction of sp³-hybridized carbons (Fsp3) is 0.562. The smallest absolute Gasteiger partial charge is 0.325 e. The molecule has 0 heterocycles. The average molecular weight is 295 g/mol. The summed E-state index contributed by atoms with van der Waals surface area (Å²) in [5, 5.41) is 3.06. The third-order valence-electron chi connectivity index (χ3n) is 3.67. The highest BCUT2D eigenvalue weighted by molar-refractivity contribution is 7.98. The second kappa shape index (κ2) is 8.32. The van der Waals surface area contributed by atoms with Gasteiger partial charge in [0.2, 0.25) is 0 Å². The lowest BCUT2D eigenvalue weighted by Gasteiger charge is -2.25. The van der Waals surface area contributed by atoms with E-state index < -0.39 is 5.54 Å². The first-order valence-electron chi connectivity index (χ1n) is 6.93. The molecule has 0 fully saturated rings. The molecule has 0 saturated heterocycles. The summed E-state index contributed by atoms with van der Waals surface area (Å²) >= 11 is 1.91. The Hall–Kier alpha value is -1.00. The maximum absolute atomic E-state index is 11.7. The predicted octanol–water partition coefficient (Wildman–Crippen LogP) is 3.16. The van der Waals surface area contributed by atoms with Gasteiger partial charge in [-0.2, -0.15) is 11.8 Å². The van der Waals surface area contributed by atoms with Crippen LogP contribution in [0.1, 0.15) is 30.9 Å². The molecule has 3 nitrogen and oxygen atoms in total. The third kappa shape index (κ3) is 4.84. The highest BCUT2D eigenvalue weighted by Crippen LogP contribution is 2.20. The molecular formula is C16H25NO2S. The van der Waals surface area contributed by atoms with Crippen molar-refractivity contribution in [2.75, 3.05) is 19.9 Å². The van der Waals surface area contributed by atoms with Crippen LogP contribution in [0.15, 0.2) is 24.3 Å². The van der Waals surface area contributed by atoms with Crippen LogP contribution in [0, 0.1) is 6.92 Å². The monoisotopic (exact) mass is 295 g/mol. The number of hydrogen-bond acceptors (Lipinski definition) is 4. The Morgan fingerprint density at radius 2 is 2.10 bits per heavy atom. The van der Waals surface area contributed by atoms with Crippen molar-refractivity contribution in [2.24, 2.45) is 0 Å². The molecule has 1 rings (SSSR count). The predicted molar refractivity (Wildman–Crippen MR) is 86.1 cm³/mol. The first kappa shape index (κ1) is 17.1. The summed E-state index contributed by atoms with van der Waals surface area (Å²) < 4.78 is 4.84. The number of nitrogens with one attached hydrogen (secondary N) is 1. The SMILES string of the molecule is CNC(C)(CCCSCc1ccccc1C)C(=O)OC. The molecule has 0 bridgehead atoms. The normalized spacial score (nSPS) is 13.8. The molecule has 112 valence electrons. The molecule has 0 spiro atoms. The summed E-state index contributed by atoms with van der Waals surface area (Å²) in [6.45, 7) is 4.04. The fourth-order valence-corrected chi connectivity index (χ4v) is 3.07. The standard InChI is InChI=1S/C16H25NO2S/c1-13-8-5-6-9-14(13)12-20-11-7-10-16(2,17-3)15(18)19-4/h5-6,8-9,17H,7,10-12H2,1-4H3. The van der Waals surface area contributed by atoms with E-state index in [0.29, 0.717) is 0 Å². The van der Waals surface area contributed by atoms with Crippen molar-refractivity contribution >= 4 is 17.7 Å². The van der Waals surface area contributed by atoms with Crippen LogP contribution in [-0.2, 0) is 15.3 Å². The van der Waals surface area contributed by atoms with E-state index in [1.54, 1.807) is 7.05 Å². The van der Waals surface area contributed by atoms with E-state index >= 15 is 0 Å². The van der Waals surface area contributed by atoms with Crippen molar-refractivity contribution < 1.29 is 9.53 Å². The zero-order valence-electron chi connectivity index (χ0n) is 12.9. The average Bonchev–Trinajstić information content (AvgIpc) is 2.47. The van der Waals surface area contributed by atoms with E-state index in [0.717, 1.165) is 24.3 Å². The highest BCUT2D eigenvalue weighted by atomic mass is 32.2. The molecule has 0 aliphatic rings. The molecule has 4 heteroatoms. The Morgan fingerprint density at radius 1 is 1.40 bits per heavy atom. The molecule has 20 heavy (non-hydrogen) atoms. The second-order valence-electron chi connectivity index (χ2n) is 5.16. The van der Waals surface area contributed by atoms with Crippen LogP contribution in [0.2, 0.25) is 0 Å². The lowest BCUT2D eigenvalue weighted by molar-refractivity contribution is -0.148. The van der Waals surface area contributed by atoms with Crippen molar-refractivity contribution in [1.82, 2.24) is 5.32 Å². The maximum Gasteiger partial charge on any atom is 0.325 e. The number of rotatable bonds is 8. The molecule has 0 amide bonds. The van der Waals surface area contributed by atoms with E-state index in [9.17, 15) is 4.79 Å². The van der Waals surface area contributed by atoms with Crippen LogP contribution in [0.4, 0.5) is 0 Å². The van der Waals surface area contributed by atoms with Crippen molar-refractivity contribution in [2.45, 2.75) is 38.0 Å². The fourth-order valence-electron chi connectivity index (χ4n) is 2.04. The topological polar surface area (TPSA) is 38.3 Å². The Bertz CT molecular complexity index is 436. The van der Waals surface area contributed by atoms with Crippen LogP contribution in [0.5, 0.6) is 0 Å². The number of esters is 1. The molecule has 0 aromatic heterocycles. The van der Waals surface area contributed by atoms with Crippen molar-refractivity contribution in [3.05, 3.63) is 35.4 Å². The van der Waals surface area contributed by atoms with Gasteiger partial charge in [-0.15, -0.1) is 0 Å². The number of thioether (sulfide) groups is 1. The van der Waals surface area contributed by atoms with Crippen LogP contribution >= 0.6 is 11.8 Å². The van der Waals surface area contributed by atoms with Gasteiger partial charge < -0.3 is 10.1 Å². The van der Waals surface area contributed by atoms with Gasteiger partial charge in [-0.3, -0.25) is 4.79 Å². The molecule has 0 aliphatic carbocycles. The van der Waals surface area contributed by atoms with Crippen LogP contribution in [-0.4, -0.2) is 31.4 Å². The minimum Gasteiger partial charge on any atom is -0.468 e. The van der Waals surface area contributed by atoms with Gasteiger partial charge in [0.1, 0.15) is 5.54 Å². The summed E-state index contributed by atoms with van der Waals surface area (Å²) in [6.07, 6.45) is 1.78. The van der Waals surface area contributed by atoms with E-state index in [2.05, 4.69) is 36.5 Å². The Labute approximate surface area is 126 Å². The van der Waals surface area contributed by atoms with Gasteiger partial charge in [-0.05, 0) is 50.6 Å². The van der Waals surface area contributed by atoms with E-state index in [4.69, 9.17) is 4.74 Å². The largest absolute Gasteiger partial charge is 0.468 e. The lowest BCUT2D eigenvalue weighted by atomic mass is 9.97. The highest BCUT2D eigenvalue weighted by Gasteiger charge is 2.31. The van der Waals surface area contributed by atoms with Gasteiger partial charge in [0, 0.05) is 5.75 Å². The van der Waals surface area contributed by atoms with Crippen molar-refractivity contribution in [3.63, 3.8) is 0 Å². The molecule has 0 radical (unpaired) electrons. The second-order valence-corrected chi connectivity index (χ2v) is 6.26. The van der Waals surface area contributed by atoms with Gasteiger partial charge in [-0.1, -0.05) is 24.3 Å². The van der Waals surface area contributed by atoms with E-state index in [1.807, 2.05) is 18.7 Å². The summed E-state index contributed by atoms with van der Waals surface area (Å²) in [6, 6.07) is 8.47. The molecule has 1 unspecified atom stereocenters. The summed E-state index contributed by atoms with van der Waals surface area (Å²) in [5.41, 5.74) is 2.16. The lowest BCUT2D eigenvalue weighted by Crippen LogP contribution is -2.48. The summed E-state index contributed by atoms with van der Waals surface area (Å²) in [4.78, 5) is 11.7. The van der Waals surface area contributed by atoms with E-state index in [1.165, 1.54) is 18.2 Å². The summed E-state index contributed by atoms with van der Waals surface area (Å²) in [7, 11) is 3.24. The van der Waals surface area contributed by atoms with Crippen molar-refractivity contribution in [1.29, 1.82) is 0 Å². The first-order chi connectivity index (χ1) is 9.53. The van der Waals surface area contributed by atoms with Gasteiger partial charge in [0.25, 0.3) is 0 Å². The number of carbonyl (C=O) groups is 1. The summed E-state index contributed by atoms with van der Waals surface area (Å²) in [5.74, 6) is 1.88. The number of likely N-dealkylation sites (N-methyl/N-ethyl adjacent to an activating group) is 1. The third-order valence-corrected chi connectivity index (χ3v) is 4.76. The quantitative estimate of drug-likeness (QED) is 0.590. The molecule has 1 atom stereocenters. The number of carbonyl (C=O) groups excluding carboxylic acids is 1. The van der Waals surface area contributed by atoms with Crippen LogP contribution in [0.3, 0.4) is 0 Å². The maximum atomic E-state index is 11.7. The number of methoxy groups -OCH3 is 1. The molecule has 1 N–H and O–H groups in total. The minimum atomic E-state index is -0.571. The number of hydrogen-bond donors (Lipinski definition) is 1. The van der Waals surface area contributed by atoms with Gasteiger partial charge in [-0.25, -0.2) is 0 Å². The Balaban J connectivity index is 2.31. The van der Waals surface area contributed by atoms with Gasteiger partial charge >= 0.3 is 5.97 Å². The Morgan fingerprint density at radius 3 is 2.70 bits per heavy atom. The van der Waals surface area contributed by atoms with Crippen LogP contribution in [0.25, 0.3) is 0 Å². The molecule has 0 saturated carbocycles. The van der Waals surface area contributed by atoms with Gasteiger partial charge in [0.05, 0.1) is 7.11 Å². The molecule has 1 aromatic rings. The minimum absolute atomic E-state index is 0.191. The van der Waals surface area contributed by atoms with Crippen molar-refractivity contribution in [3.8, 4) is 0 Å². The number of benzene rings is 1. The first-order valence-corrected chi connectivity index (χ1v) is 8.08. The number of ether oxygens (including phenoxy) is 1. The van der Waals surface area contributed by atoms with Gasteiger partial charge in [0.15, 0.2) is 0 Å². The van der Waals surface area contributed by atoms with E-state index in [-0.39, 0.29) is 5.97 Å². The zero-order valence-corrected chi connectivity index (χ0v) is 13.7. The molecular weight excluding hydrogens is 270 g/mol. The molecule has 0 aliphatic heterocycles. The molecule has 1 aromatic carbocycles. The Kier molecular flexibility index (Phi) is 7.10. The zero-order chi connectivity index (χ0) is 15.0. The van der Waals surface area contributed by atoms with Crippen LogP contribution < -0.4 is 5.32 Å².